The number of hydrogen-bond acceptors (Lipinski definition) is 3. The Kier molecular flexibility index (Phi) is 4.57. The fraction of sp³-hybridized carbons (Fsp3) is 0.222. The van der Waals surface area contributed by atoms with E-state index in [0.717, 1.165) is 5.56 Å². The first-order chi connectivity index (χ1) is 11.2. The molecule has 3 rings (SSSR count). The number of nitrogens with zero attached hydrogens (tertiary/aromatic N) is 1. The van der Waals surface area contributed by atoms with Crippen LogP contribution in [0.4, 0.5) is 0 Å². The van der Waals surface area contributed by atoms with E-state index < -0.39 is 0 Å². The number of carbonyl (C=O) groups excluding carboxylic acids is 2. The average Bonchev–Trinajstić information content (AvgIpc) is 3.17. The number of carbonyl (C=O) groups is 2. The number of benzene rings is 1. The number of amides is 2. The van der Waals surface area contributed by atoms with Crippen LogP contribution in [0, 0.1) is 0 Å². The fourth-order valence-electron chi connectivity index (χ4n) is 2.62. The molecule has 23 heavy (non-hydrogen) atoms. The van der Waals surface area contributed by atoms with E-state index in [0.29, 0.717) is 25.3 Å². The van der Waals surface area contributed by atoms with Crippen LogP contribution in [-0.2, 0) is 16.1 Å². The Balaban J connectivity index is 1.52. The lowest BCUT2D eigenvalue weighted by Gasteiger charge is -2.16. The van der Waals surface area contributed by atoms with Crippen molar-refractivity contribution in [3.8, 4) is 0 Å². The molecule has 0 unspecified atom stereocenters. The smallest absolute Gasteiger partial charge is 0.244 e. The van der Waals surface area contributed by atoms with Crippen molar-refractivity contribution in [3.05, 3.63) is 66.1 Å². The Bertz CT molecular complexity index is 692. The maximum absolute atomic E-state index is 12.1. The van der Waals surface area contributed by atoms with E-state index in [2.05, 4.69) is 5.32 Å². The second-order valence-electron chi connectivity index (χ2n) is 5.52. The van der Waals surface area contributed by atoms with Gasteiger partial charge in [-0.1, -0.05) is 30.3 Å². The molecule has 2 heterocycles. The number of hydrogen-bond donors (Lipinski definition) is 1. The van der Waals surface area contributed by atoms with Gasteiger partial charge in [-0.15, -0.1) is 0 Å². The monoisotopic (exact) mass is 310 g/mol. The van der Waals surface area contributed by atoms with Crippen molar-refractivity contribution in [2.24, 2.45) is 0 Å². The molecule has 118 valence electrons. The molecule has 5 heteroatoms. The number of likely N-dealkylation sites (tertiary alicyclic amines) is 1. The van der Waals surface area contributed by atoms with Crippen molar-refractivity contribution in [3.63, 3.8) is 0 Å². The molecule has 0 spiro atoms. The molecule has 0 bridgehead atoms. The van der Waals surface area contributed by atoms with Crippen LogP contribution in [0.2, 0.25) is 0 Å². The summed E-state index contributed by atoms with van der Waals surface area (Å²) in [5, 5.41) is 2.86. The minimum atomic E-state index is -0.222. The Morgan fingerprint density at radius 2 is 2.09 bits per heavy atom. The van der Waals surface area contributed by atoms with Crippen molar-refractivity contribution in [1.29, 1.82) is 0 Å². The summed E-state index contributed by atoms with van der Waals surface area (Å²) in [6.45, 7) is 1.11. The van der Waals surface area contributed by atoms with Gasteiger partial charge in [-0.3, -0.25) is 9.59 Å². The Morgan fingerprint density at radius 1 is 1.26 bits per heavy atom. The third-order valence-electron chi connectivity index (χ3n) is 3.72. The highest BCUT2D eigenvalue weighted by molar-refractivity contribution is 5.92. The highest BCUT2D eigenvalue weighted by Gasteiger charge is 2.30. The molecule has 1 aromatic carbocycles. The van der Waals surface area contributed by atoms with Crippen LogP contribution in [0.25, 0.3) is 6.08 Å². The van der Waals surface area contributed by atoms with Crippen LogP contribution in [0.5, 0.6) is 0 Å². The molecule has 0 radical (unpaired) electrons. The van der Waals surface area contributed by atoms with Gasteiger partial charge in [0.1, 0.15) is 5.76 Å². The second kappa shape index (κ2) is 6.96. The van der Waals surface area contributed by atoms with Gasteiger partial charge in [-0.05, 0) is 23.8 Å². The predicted molar refractivity (Wildman–Crippen MR) is 86.1 cm³/mol. The molecule has 1 aromatic heterocycles. The van der Waals surface area contributed by atoms with E-state index in [9.17, 15) is 9.59 Å². The topological polar surface area (TPSA) is 62.6 Å². The molecule has 0 aliphatic carbocycles. The normalized spacial score (nSPS) is 17.8. The van der Waals surface area contributed by atoms with Crippen LogP contribution in [0.3, 0.4) is 0 Å². The zero-order valence-electron chi connectivity index (χ0n) is 12.6. The highest BCUT2D eigenvalue weighted by atomic mass is 16.3. The highest BCUT2D eigenvalue weighted by Crippen LogP contribution is 2.15. The van der Waals surface area contributed by atoms with Gasteiger partial charge in [-0.25, -0.2) is 0 Å². The Morgan fingerprint density at radius 3 is 2.83 bits per heavy atom. The fourth-order valence-corrected chi connectivity index (χ4v) is 2.62. The largest absolute Gasteiger partial charge is 0.465 e. The molecule has 0 saturated carbocycles. The Hall–Kier alpha value is -2.82. The van der Waals surface area contributed by atoms with E-state index in [1.54, 1.807) is 29.4 Å². The van der Waals surface area contributed by atoms with E-state index in [4.69, 9.17) is 4.42 Å². The van der Waals surface area contributed by atoms with Gasteiger partial charge in [0.15, 0.2) is 0 Å². The summed E-state index contributed by atoms with van der Waals surface area (Å²) in [5.74, 6) is 0.461. The van der Waals surface area contributed by atoms with Gasteiger partial charge < -0.3 is 14.6 Å². The second-order valence-corrected chi connectivity index (χ2v) is 5.52. The van der Waals surface area contributed by atoms with Crippen LogP contribution >= 0.6 is 0 Å². The third kappa shape index (κ3) is 4.10. The molecule has 2 aromatic rings. The zero-order chi connectivity index (χ0) is 16.1. The quantitative estimate of drug-likeness (QED) is 0.861. The van der Waals surface area contributed by atoms with E-state index in [-0.39, 0.29) is 17.9 Å². The van der Waals surface area contributed by atoms with Gasteiger partial charge in [0.2, 0.25) is 11.8 Å². The SMILES string of the molecule is O=C(/C=C/c1ccco1)N[C@@H]1CC(=O)N(Cc2ccccc2)C1. The van der Waals surface area contributed by atoms with Crippen molar-refractivity contribution in [2.75, 3.05) is 6.54 Å². The molecule has 1 N–H and O–H groups in total. The maximum Gasteiger partial charge on any atom is 0.244 e. The zero-order valence-corrected chi connectivity index (χ0v) is 12.6. The number of nitrogens with one attached hydrogen (secondary N) is 1. The predicted octanol–water partition coefficient (Wildman–Crippen LogP) is 2.21. The summed E-state index contributed by atoms with van der Waals surface area (Å²) < 4.78 is 5.13. The molecule has 1 fully saturated rings. The van der Waals surface area contributed by atoms with Crippen molar-refractivity contribution < 1.29 is 14.0 Å². The first-order valence-electron chi connectivity index (χ1n) is 7.54. The average molecular weight is 310 g/mol. The first kappa shape index (κ1) is 15.1. The number of furan rings is 1. The molecule has 1 aliphatic heterocycles. The minimum Gasteiger partial charge on any atom is -0.465 e. The van der Waals surface area contributed by atoms with Crippen LogP contribution < -0.4 is 5.32 Å². The van der Waals surface area contributed by atoms with Crippen molar-refractivity contribution in [1.82, 2.24) is 10.2 Å². The summed E-state index contributed by atoms with van der Waals surface area (Å²) in [7, 11) is 0. The van der Waals surface area contributed by atoms with E-state index in [1.807, 2.05) is 30.3 Å². The van der Waals surface area contributed by atoms with Crippen molar-refractivity contribution >= 4 is 17.9 Å². The van der Waals surface area contributed by atoms with Crippen LogP contribution in [-0.4, -0.2) is 29.3 Å². The first-order valence-corrected chi connectivity index (χ1v) is 7.54. The molecule has 1 saturated heterocycles. The van der Waals surface area contributed by atoms with Gasteiger partial charge in [0.25, 0.3) is 0 Å². The Labute approximate surface area is 134 Å². The summed E-state index contributed by atoms with van der Waals surface area (Å²) in [6, 6.07) is 13.2. The van der Waals surface area contributed by atoms with Crippen molar-refractivity contribution in [2.45, 2.75) is 19.0 Å². The van der Waals surface area contributed by atoms with Gasteiger partial charge >= 0.3 is 0 Å². The lowest BCUT2D eigenvalue weighted by molar-refractivity contribution is -0.128. The van der Waals surface area contributed by atoms with Gasteiger partial charge in [-0.2, -0.15) is 0 Å². The van der Waals surface area contributed by atoms with E-state index in [1.165, 1.54) is 6.08 Å². The molecule has 5 nitrogen and oxygen atoms in total. The van der Waals surface area contributed by atoms with Gasteiger partial charge in [0, 0.05) is 25.6 Å². The molecule has 2 amide bonds. The summed E-state index contributed by atoms with van der Waals surface area (Å²) in [4.78, 5) is 25.7. The lowest BCUT2D eigenvalue weighted by Crippen LogP contribution is -2.36. The molecule has 1 atom stereocenters. The molecular weight excluding hydrogens is 292 g/mol. The van der Waals surface area contributed by atoms with Crippen LogP contribution in [0.1, 0.15) is 17.7 Å². The summed E-state index contributed by atoms with van der Waals surface area (Å²) >= 11 is 0. The molecule has 1 aliphatic rings. The summed E-state index contributed by atoms with van der Waals surface area (Å²) in [6.07, 6.45) is 4.92. The van der Waals surface area contributed by atoms with Gasteiger partial charge in [0.05, 0.1) is 12.3 Å². The standard InChI is InChI=1S/C18H18N2O3/c21-17(9-8-16-7-4-10-23-16)19-15-11-18(22)20(13-15)12-14-5-2-1-3-6-14/h1-10,15H,11-13H2,(H,19,21)/b9-8+/t15-/m1/s1. The summed E-state index contributed by atoms with van der Waals surface area (Å²) in [5.41, 5.74) is 1.09. The van der Waals surface area contributed by atoms with Crippen LogP contribution in [0.15, 0.2) is 59.2 Å². The van der Waals surface area contributed by atoms with E-state index >= 15 is 0 Å². The number of rotatable bonds is 5. The lowest BCUT2D eigenvalue weighted by atomic mass is 10.2. The molecular formula is C18H18N2O3. The third-order valence-corrected chi connectivity index (χ3v) is 3.72. The maximum atomic E-state index is 12.1. The minimum absolute atomic E-state index is 0.0640.